The summed E-state index contributed by atoms with van der Waals surface area (Å²) >= 11 is 6.44. The Kier molecular flexibility index (Phi) is 10.9. The van der Waals surface area contributed by atoms with Crippen molar-refractivity contribution in [3.05, 3.63) is 58.9 Å². The summed E-state index contributed by atoms with van der Waals surface area (Å²) in [6.07, 6.45) is 13.1. The van der Waals surface area contributed by atoms with Gasteiger partial charge in [0.2, 0.25) is 5.91 Å². The van der Waals surface area contributed by atoms with Gasteiger partial charge in [-0.3, -0.25) is 4.79 Å². The number of nitrogens with zero attached hydrogens (tertiary/aromatic N) is 3. The smallest absolute Gasteiger partial charge is 0.318 e. The second kappa shape index (κ2) is 14.6. The number of rotatable bonds is 11. The first-order valence-corrected chi connectivity index (χ1v) is 14.6. The molecule has 2 saturated carbocycles. The number of hydrogen-bond acceptors (Lipinski definition) is 3. The normalized spacial score (nSPS) is 16.8. The molecule has 2 fully saturated rings. The van der Waals surface area contributed by atoms with Crippen LogP contribution in [0.1, 0.15) is 75.5 Å². The fourth-order valence-corrected chi connectivity index (χ4v) is 5.96. The molecule has 8 heteroatoms. The van der Waals surface area contributed by atoms with Crippen molar-refractivity contribution in [2.45, 2.75) is 89.4 Å². The number of hydrogen-bond donors (Lipinski definition) is 1. The Morgan fingerprint density at radius 1 is 1.00 bits per heavy atom. The van der Waals surface area contributed by atoms with Crippen LogP contribution in [0.2, 0.25) is 5.02 Å². The molecule has 1 heterocycles. The molecular weight excluding hydrogens is 500 g/mol. The number of urea groups is 1. The number of methoxy groups -OCH3 is 1. The first kappa shape index (κ1) is 28.5. The van der Waals surface area contributed by atoms with Crippen molar-refractivity contribution >= 4 is 23.5 Å². The van der Waals surface area contributed by atoms with Gasteiger partial charge in [-0.05, 0) is 49.4 Å². The number of amides is 3. The van der Waals surface area contributed by atoms with Crippen molar-refractivity contribution in [1.82, 2.24) is 19.7 Å². The maximum absolute atomic E-state index is 13.9. The summed E-state index contributed by atoms with van der Waals surface area (Å²) < 4.78 is 7.45. The van der Waals surface area contributed by atoms with Gasteiger partial charge in [0.05, 0.1) is 13.2 Å². The zero-order valence-corrected chi connectivity index (χ0v) is 23.5. The van der Waals surface area contributed by atoms with Gasteiger partial charge in [-0.15, -0.1) is 0 Å². The average molecular weight is 543 g/mol. The van der Waals surface area contributed by atoms with E-state index in [4.69, 9.17) is 16.3 Å². The van der Waals surface area contributed by atoms with E-state index in [9.17, 15) is 9.59 Å². The lowest BCUT2D eigenvalue weighted by molar-refractivity contribution is -0.135. The summed E-state index contributed by atoms with van der Waals surface area (Å²) in [5, 5.41) is 3.92. The molecule has 4 rings (SSSR count). The van der Waals surface area contributed by atoms with Crippen molar-refractivity contribution in [1.29, 1.82) is 0 Å². The summed E-state index contributed by atoms with van der Waals surface area (Å²) in [5.74, 6) is -0.00251. The minimum absolute atomic E-state index is 0.00251. The SMILES string of the molecule is COCCN(CC(=O)N(Cc1cccn1Cc1ccccc1Cl)C1CCCCC1)C(=O)NC1CCCCC1. The Morgan fingerprint density at radius 3 is 2.42 bits per heavy atom. The lowest BCUT2D eigenvalue weighted by atomic mass is 9.94. The topological polar surface area (TPSA) is 66.8 Å². The van der Waals surface area contributed by atoms with Crippen LogP contribution in [0.3, 0.4) is 0 Å². The third kappa shape index (κ3) is 8.00. The van der Waals surface area contributed by atoms with Crippen LogP contribution in [-0.4, -0.2) is 65.2 Å². The van der Waals surface area contributed by atoms with Gasteiger partial charge in [0.15, 0.2) is 0 Å². The predicted octanol–water partition coefficient (Wildman–Crippen LogP) is 5.84. The van der Waals surface area contributed by atoms with Gasteiger partial charge in [0.1, 0.15) is 6.54 Å². The second-order valence-corrected chi connectivity index (χ2v) is 11.1. The summed E-state index contributed by atoms with van der Waals surface area (Å²) in [6.45, 7) is 2.02. The Labute approximate surface area is 232 Å². The number of halogens is 1. The van der Waals surface area contributed by atoms with Crippen LogP contribution in [0.5, 0.6) is 0 Å². The van der Waals surface area contributed by atoms with Crippen LogP contribution in [-0.2, 0) is 22.6 Å². The zero-order valence-electron chi connectivity index (χ0n) is 22.7. The molecule has 208 valence electrons. The quantitative estimate of drug-likeness (QED) is 0.388. The zero-order chi connectivity index (χ0) is 26.7. The van der Waals surface area contributed by atoms with Crippen molar-refractivity contribution < 1.29 is 14.3 Å². The summed E-state index contributed by atoms with van der Waals surface area (Å²) in [5.41, 5.74) is 2.12. The highest BCUT2D eigenvalue weighted by molar-refractivity contribution is 6.31. The molecule has 0 saturated heterocycles. The molecule has 3 amide bonds. The van der Waals surface area contributed by atoms with Crippen LogP contribution in [0.25, 0.3) is 0 Å². The van der Waals surface area contributed by atoms with Gasteiger partial charge >= 0.3 is 6.03 Å². The van der Waals surface area contributed by atoms with E-state index >= 15 is 0 Å². The van der Waals surface area contributed by atoms with E-state index in [0.717, 1.165) is 67.6 Å². The Balaban J connectivity index is 1.49. The molecule has 0 bridgehead atoms. The highest BCUT2D eigenvalue weighted by Gasteiger charge is 2.29. The number of carbonyl (C=O) groups excluding carboxylic acids is 2. The van der Waals surface area contributed by atoms with Crippen molar-refractivity contribution in [3.63, 3.8) is 0 Å². The number of ether oxygens (including phenoxy) is 1. The lowest BCUT2D eigenvalue weighted by Gasteiger charge is -2.36. The minimum Gasteiger partial charge on any atom is -0.383 e. The van der Waals surface area contributed by atoms with Gasteiger partial charge < -0.3 is 24.4 Å². The third-order valence-corrected chi connectivity index (χ3v) is 8.37. The largest absolute Gasteiger partial charge is 0.383 e. The van der Waals surface area contributed by atoms with Crippen LogP contribution in [0.4, 0.5) is 4.79 Å². The Hall–Kier alpha value is -2.51. The van der Waals surface area contributed by atoms with Crippen molar-refractivity contribution in [3.8, 4) is 0 Å². The van der Waals surface area contributed by atoms with Gasteiger partial charge in [0, 0.05) is 49.2 Å². The summed E-state index contributed by atoms with van der Waals surface area (Å²) in [7, 11) is 1.63. The molecule has 2 aliphatic carbocycles. The highest BCUT2D eigenvalue weighted by Crippen LogP contribution is 2.26. The van der Waals surface area contributed by atoms with Gasteiger partial charge in [-0.2, -0.15) is 0 Å². The first-order valence-electron chi connectivity index (χ1n) is 14.3. The number of benzene rings is 1. The molecule has 0 spiro atoms. The van der Waals surface area contributed by atoms with E-state index < -0.39 is 0 Å². The molecule has 2 aromatic rings. The molecule has 0 unspecified atom stereocenters. The maximum atomic E-state index is 13.9. The fraction of sp³-hybridized carbons (Fsp3) is 0.600. The van der Waals surface area contributed by atoms with Gasteiger partial charge in [-0.25, -0.2) is 4.79 Å². The van der Waals surface area contributed by atoms with E-state index in [-0.39, 0.29) is 30.6 Å². The standard InChI is InChI=1S/C30H43ClN4O3/c1-38-20-19-34(30(37)32-25-12-4-2-5-13-25)23-29(36)35(26-14-6-3-7-15-26)22-27-16-10-18-33(27)21-24-11-8-9-17-28(24)31/h8-11,16-18,25-26H,2-7,12-15,19-23H2,1H3,(H,32,37). The van der Waals surface area contributed by atoms with E-state index in [1.807, 2.05) is 41.4 Å². The van der Waals surface area contributed by atoms with Crippen LogP contribution >= 0.6 is 11.6 Å². The highest BCUT2D eigenvalue weighted by atomic mass is 35.5. The molecule has 7 nitrogen and oxygen atoms in total. The molecule has 1 aromatic heterocycles. The molecule has 0 aliphatic heterocycles. The van der Waals surface area contributed by atoms with E-state index in [0.29, 0.717) is 26.2 Å². The fourth-order valence-electron chi connectivity index (χ4n) is 5.77. The van der Waals surface area contributed by atoms with E-state index in [1.54, 1.807) is 12.0 Å². The molecule has 38 heavy (non-hydrogen) atoms. The summed E-state index contributed by atoms with van der Waals surface area (Å²) in [4.78, 5) is 30.8. The van der Waals surface area contributed by atoms with Crippen LogP contribution < -0.4 is 5.32 Å². The molecule has 0 atom stereocenters. The number of aromatic nitrogens is 1. The molecular formula is C30H43ClN4O3. The molecule has 2 aliphatic rings. The second-order valence-electron chi connectivity index (χ2n) is 10.7. The van der Waals surface area contributed by atoms with Crippen molar-refractivity contribution in [2.75, 3.05) is 26.8 Å². The Bertz CT molecular complexity index is 1030. The van der Waals surface area contributed by atoms with Crippen LogP contribution in [0.15, 0.2) is 42.6 Å². The third-order valence-electron chi connectivity index (χ3n) is 8.00. The lowest BCUT2D eigenvalue weighted by Crippen LogP contribution is -2.52. The van der Waals surface area contributed by atoms with Crippen LogP contribution in [0, 0.1) is 0 Å². The predicted molar refractivity (Wildman–Crippen MR) is 151 cm³/mol. The molecule has 1 aromatic carbocycles. The number of carbonyl (C=O) groups is 2. The first-order chi connectivity index (χ1) is 18.5. The molecule has 1 N–H and O–H groups in total. The monoisotopic (exact) mass is 542 g/mol. The van der Waals surface area contributed by atoms with E-state index in [2.05, 4.69) is 16.0 Å². The van der Waals surface area contributed by atoms with Gasteiger partial charge in [-0.1, -0.05) is 68.3 Å². The number of nitrogens with one attached hydrogen (secondary N) is 1. The van der Waals surface area contributed by atoms with Crippen molar-refractivity contribution in [2.24, 2.45) is 0 Å². The Morgan fingerprint density at radius 2 is 1.71 bits per heavy atom. The maximum Gasteiger partial charge on any atom is 0.318 e. The average Bonchev–Trinajstić information content (AvgIpc) is 3.38. The summed E-state index contributed by atoms with van der Waals surface area (Å²) in [6, 6.07) is 12.2. The van der Waals surface area contributed by atoms with Gasteiger partial charge in [0.25, 0.3) is 0 Å². The minimum atomic E-state index is -0.159. The molecule has 0 radical (unpaired) electrons. The van der Waals surface area contributed by atoms with E-state index in [1.165, 1.54) is 12.8 Å².